The molecule has 0 fully saturated rings. The van der Waals surface area contributed by atoms with Crippen molar-refractivity contribution in [1.82, 2.24) is 25.2 Å². The van der Waals surface area contributed by atoms with E-state index in [1.54, 1.807) is 52.0 Å². The number of amides is 2. The smallest absolute Gasteiger partial charge is 0.411 e. The Bertz CT molecular complexity index is 1560. The monoisotopic (exact) mass is 560 g/mol. The third-order valence-corrected chi connectivity index (χ3v) is 5.56. The average Bonchev–Trinajstić information content (AvgIpc) is 3.38. The third-order valence-electron chi connectivity index (χ3n) is 5.56. The van der Waals surface area contributed by atoms with Crippen molar-refractivity contribution in [2.45, 2.75) is 46.3 Å². The van der Waals surface area contributed by atoms with Gasteiger partial charge in [-0.3, -0.25) is 10.1 Å². The van der Waals surface area contributed by atoms with Crippen LogP contribution in [0.5, 0.6) is 0 Å². The first-order valence-electron chi connectivity index (χ1n) is 13.1. The predicted molar refractivity (Wildman–Crippen MR) is 151 cm³/mol. The molecule has 0 atom stereocenters. The van der Waals surface area contributed by atoms with E-state index in [1.165, 1.54) is 10.7 Å². The van der Waals surface area contributed by atoms with Crippen LogP contribution < -0.4 is 16.2 Å². The van der Waals surface area contributed by atoms with Crippen molar-refractivity contribution in [2.24, 2.45) is 0 Å². The van der Waals surface area contributed by atoms with Crippen molar-refractivity contribution in [3.8, 4) is 22.6 Å². The lowest BCUT2D eigenvalue weighted by molar-refractivity contribution is 0.0527. The van der Waals surface area contributed by atoms with Crippen LogP contribution in [-0.4, -0.2) is 50.9 Å². The lowest BCUT2D eigenvalue weighted by Crippen LogP contribution is -2.33. The molecule has 0 unspecified atom stereocenters. The maximum Gasteiger partial charge on any atom is 0.411 e. The number of nitrogens with one attached hydrogen (secondary N) is 2. The highest BCUT2D eigenvalue weighted by atomic mass is 16.6. The summed E-state index contributed by atoms with van der Waals surface area (Å²) in [6.07, 6.45) is -0.692. The fourth-order valence-electron chi connectivity index (χ4n) is 3.77. The van der Waals surface area contributed by atoms with Gasteiger partial charge in [0.2, 0.25) is 11.7 Å². The maximum absolute atomic E-state index is 12.5. The average molecular weight is 561 g/mol. The van der Waals surface area contributed by atoms with Crippen LogP contribution in [0, 0.1) is 0 Å². The van der Waals surface area contributed by atoms with Gasteiger partial charge in [0.1, 0.15) is 5.60 Å². The van der Waals surface area contributed by atoms with Crippen LogP contribution in [0.4, 0.5) is 15.3 Å². The van der Waals surface area contributed by atoms with E-state index < -0.39 is 17.8 Å². The van der Waals surface area contributed by atoms with Crippen molar-refractivity contribution in [3.63, 3.8) is 0 Å². The quantitative estimate of drug-likeness (QED) is 0.298. The number of aromatic nitrogens is 4. The van der Waals surface area contributed by atoms with Gasteiger partial charge < -0.3 is 19.3 Å². The molecule has 0 bridgehead atoms. The van der Waals surface area contributed by atoms with Crippen LogP contribution in [0.25, 0.3) is 22.6 Å². The molecular weight excluding hydrogens is 528 g/mol. The van der Waals surface area contributed by atoms with Crippen LogP contribution >= 0.6 is 0 Å². The molecule has 12 heteroatoms. The highest BCUT2D eigenvalue weighted by Crippen LogP contribution is 2.22. The van der Waals surface area contributed by atoms with Gasteiger partial charge in [-0.25, -0.2) is 14.3 Å². The van der Waals surface area contributed by atoms with Gasteiger partial charge in [0, 0.05) is 35.8 Å². The van der Waals surface area contributed by atoms with Crippen LogP contribution in [0.2, 0.25) is 0 Å². The molecule has 0 saturated carbocycles. The van der Waals surface area contributed by atoms with E-state index in [4.69, 9.17) is 14.0 Å². The highest BCUT2D eigenvalue weighted by Gasteiger charge is 2.16. The molecule has 0 aliphatic rings. The number of benzene rings is 2. The lowest BCUT2D eigenvalue weighted by Gasteiger charge is -2.19. The number of carbonyl (C=O) groups is 2. The predicted octanol–water partition coefficient (Wildman–Crippen LogP) is 4.64. The van der Waals surface area contributed by atoms with Crippen LogP contribution in [0.3, 0.4) is 0 Å². The number of nitrogens with zero attached hydrogens (tertiary/aromatic N) is 4. The Balaban J connectivity index is 1.40. The van der Waals surface area contributed by atoms with Crippen LogP contribution in [-0.2, 0) is 22.4 Å². The Morgan fingerprint density at radius 1 is 1.00 bits per heavy atom. The molecule has 2 heterocycles. The number of ether oxygens (including phenoxy) is 2. The summed E-state index contributed by atoms with van der Waals surface area (Å²) < 4.78 is 16.8. The molecule has 2 N–H and O–H groups in total. The summed E-state index contributed by atoms with van der Waals surface area (Å²) in [6.45, 7) is 7.90. The number of rotatable bonds is 9. The molecule has 214 valence electrons. The van der Waals surface area contributed by atoms with Gasteiger partial charge in [-0.15, -0.1) is 0 Å². The SMILES string of the molecule is CCOC(=O)Nc1cccc(Cn2nc(-c3ccc(-c4noc(CCNC(=O)OC(C)(C)C)n4)cc3)ccc2=O)c1. The number of carbonyl (C=O) groups excluding carboxylic acids is 2. The summed E-state index contributed by atoms with van der Waals surface area (Å²) in [7, 11) is 0. The second-order valence-corrected chi connectivity index (χ2v) is 10.0. The number of anilines is 1. The van der Waals surface area contributed by atoms with Gasteiger partial charge in [0.15, 0.2) is 0 Å². The largest absolute Gasteiger partial charge is 0.450 e. The fourth-order valence-corrected chi connectivity index (χ4v) is 3.77. The Labute approximate surface area is 236 Å². The standard InChI is InChI=1S/C29H32N6O6/c1-5-39-28(38)31-22-8-6-7-19(17-22)18-35-25(36)14-13-23(33-35)20-9-11-21(12-10-20)26-32-24(41-34-26)15-16-30-27(37)40-29(2,3)4/h6-14,17H,5,15-16,18H2,1-4H3,(H,30,37)(H,31,38). The number of hydrogen-bond donors (Lipinski definition) is 2. The van der Waals surface area contributed by atoms with Gasteiger partial charge in [-0.1, -0.05) is 41.6 Å². The zero-order valence-electron chi connectivity index (χ0n) is 23.3. The van der Waals surface area contributed by atoms with E-state index in [2.05, 4.69) is 25.9 Å². The lowest BCUT2D eigenvalue weighted by atomic mass is 10.1. The van der Waals surface area contributed by atoms with Gasteiger partial charge in [0.25, 0.3) is 5.56 Å². The molecule has 2 amide bonds. The van der Waals surface area contributed by atoms with Crippen molar-refractivity contribution in [1.29, 1.82) is 0 Å². The molecule has 2 aromatic heterocycles. The zero-order valence-corrected chi connectivity index (χ0v) is 23.3. The zero-order chi connectivity index (χ0) is 29.4. The maximum atomic E-state index is 12.5. The Morgan fingerprint density at radius 2 is 1.76 bits per heavy atom. The highest BCUT2D eigenvalue weighted by molar-refractivity contribution is 5.84. The Morgan fingerprint density at radius 3 is 2.49 bits per heavy atom. The van der Waals surface area contributed by atoms with E-state index >= 15 is 0 Å². The van der Waals surface area contributed by atoms with E-state index in [-0.39, 0.29) is 18.7 Å². The topological polar surface area (TPSA) is 150 Å². The van der Waals surface area contributed by atoms with Crippen molar-refractivity contribution >= 4 is 17.9 Å². The van der Waals surface area contributed by atoms with E-state index in [9.17, 15) is 14.4 Å². The molecule has 4 rings (SSSR count). The molecular formula is C29H32N6O6. The second kappa shape index (κ2) is 12.9. The van der Waals surface area contributed by atoms with Gasteiger partial charge in [0.05, 0.1) is 18.8 Å². The summed E-state index contributed by atoms with van der Waals surface area (Å²) in [6, 6.07) is 17.7. The first-order valence-corrected chi connectivity index (χ1v) is 13.1. The van der Waals surface area contributed by atoms with Gasteiger partial charge >= 0.3 is 12.2 Å². The van der Waals surface area contributed by atoms with Crippen molar-refractivity contribution < 1.29 is 23.6 Å². The molecule has 41 heavy (non-hydrogen) atoms. The van der Waals surface area contributed by atoms with Gasteiger partial charge in [-0.05, 0) is 51.5 Å². The summed E-state index contributed by atoms with van der Waals surface area (Å²) in [5.74, 6) is 0.800. The summed E-state index contributed by atoms with van der Waals surface area (Å²) >= 11 is 0. The van der Waals surface area contributed by atoms with Crippen LogP contribution in [0.15, 0.2) is 70.0 Å². The number of alkyl carbamates (subject to hydrolysis) is 1. The van der Waals surface area contributed by atoms with Crippen LogP contribution in [0.1, 0.15) is 39.1 Å². The molecule has 0 spiro atoms. The first kappa shape index (κ1) is 29.0. The van der Waals surface area contributed by atoms with E-state index in [1.807, 2.05) is 30.3 Å². The molecule has 2 aromatic carbocycles. The van der Waals surface area contributed by atoms with E-state index in [0.717, 1.165) is 16.7 Å². The molecule has 0 aliphatic heterocycles. The fraction of sp³-hybridized carbons (Fsp3) is 0.310. The minimum Gasteiger partial charge on any atom is -0.450 e. The molecule has 4 aromatic rings. The molecule has 0 radical (unpaired) electrons. The van der Waals surface area contributed by atoms with Gasteiger partial charge in [-0.2, -0.15) is 10.1 Å². The molecule has 12 nitrogen and oxygen atoms in total. The van der Waals surface area contributed by atoms with Crippen molar-refractivity contribution in [3.05, 3.63) is 82.5 Å². The minimum atomic E-state index is -0.573. The van der Waals surface area contributed by atoms with Crippen molar-refractivity contribution in [2.75, 3.05) is 18.5 Å². The minimum absolute atomic E-state index is 0.220. The molecule has 0 saturated heterocycles. The first-order chi connectivity index (χ1) is 19.6. The third kappa shape index (κ3) is 8.49. The normalized spacial score (nSPS) is 11.1. The Hall–Kier alpha value is -5.00. The second-order valence-electron chi connectivity index (χ2n) is 10.0. The Kier molecular flexibility index (Phi) is 9.12. The van der Waals surface area contributed by atoms with E-state index in [0.29, 0.717) is 36.1 Å². The summed E-state index contributed by atoms with van der Waals surface area (Å²) in [5, 5.41) is 13.9. The number of hydrogen-bond acceptors (Lipinski definition) is 9. The molecule has 0 aliphatic carbocycles. The summed E-state index contributed by atoms with van der Waals surface area (Å²) in [5.41, 5.74) is 2.67. The summed E-state index contributed by atoms with van der Waals surface area (Å²) in [4.78, 5) is 40.4.